The maximum Gasteiger partial charge on any atom is 0.266 e. The molecule has 17 heavy (non-hydrogen) atoms. The number of likely N-dealkylation sites (N-methyl/N-ethyl adjacent to an activating group) is 1. The van der Waals surface area contributed by atoms with Gasteiger partial charge in [-0.25, -0.2) is 10.0 Å². The predicted molar refractivity (Wildman–Crippen MR) is 71.3 cm³/mol. The highest BCUT2D eigenvalue weighted by Gasteiger charge is 2.21. The van der Waals surface area contributed by atoms with Gasteiger partial charge >= 0.3 is 0 Å². The monoisotopic (exact) mass is 366 g/mol. The molecule has 0 aromatic carbocycles. The first-order valence-electron chi connectivity index (χ1n) is 4.72. The van der Waals surface area contributed by atoms with Crippen LogP contribution in [0.3, 0.4) is 0 Å². The smallest absolute Gasteiger partial charge is 0.266 e. The van der Waals surface area contributed by atoms with Crippen LogP contribution in [0.5, 0.6) is 0 Å². The van der Waals surface area contributed by atoms with E-state index >= 15 is 0 Å². The molecular weight excluding hydrogens is 356 g/mol. The van der Waals surface area contributed by atoms with Crippen molar-refractivity contribution < 1.29 is 14.4 Å². The quantitative estimate of drug-likeness (QED) is 0.421. The van der Waals surface area contributed by atoms with Crippen LogP contribution in [0, 0.1) is 0 Å². The first-order chi connectivity index (χ1) is 8.12. The molecule has 0 fully saturated rings. The standard InChI is InChI=1S/C10H12Br2N2O3/c1-2-13(9(16)3-5-11)14(7-8-15)10(17)4-6-12/h3-6,8H,2,7H2,1H3/b5-3+,6-4+. The van der Waals surface area contributed by atoms with E-state index in [-0.39, 0.29) is 19.0 Å². The van der Waals surface area contributed by atoms with Gasteiger partial charge in [0.1, 0.15) is 6.29 Å². The van der Waals surface area contributed by atoms with E-state index in [1.54, 1.807) is 6.92 Å². The van der Waals surface area contributed by atoms with Crippen LogP contribution in [-0.2, 0) is 14.4 Å². The van der Waals surface area contributed by atoms with Gasteiger partial charge in [-0.3, -0.25) is 9.59 Å². The summed E-state index contributed by atoms with van der Waals surface area (Å²) in [7, 11) is 0. The van der Waals surface area contributed by atoms with Crippen LogP contribution in [0.25, 0.3) is 0 Å². The van der Waals surface area contributed by atoms with Gasteiger partial charge in [0.15, 0.2) is 0 Å². The summed E-state index contributed by atoms with van der Waals surface area (Å²) in [5, 5.41) is 2.25. The molecular formula is C10H12Br2N2O3. The van der Waals surface area contributed by atoms with E-state index in [0.29, 0.717) is 6.29 Å². The number of hydrazine groups is 1. The number of hydrogen-bond donors (Lipinski definition) is 0. The minimum absolute atomic E-state index is 0.175. The fourth-order valence-electron chi connectivity index (χ4n) is 1.10. The summed E-state index contributed by atoms with van der Waals surface area (Å²) in [5.74, 6) is -0.838. The van der Waals surface area contributed by atoms with Gasteiger partial charge in [-0.15, -0.1) is 0 Å². The average Bonchev–Trinajstić information content (AvgIpc) is 2.29. The highest BCUT2D eigenvalue weighted by Crippen LogP contribution is 2.03. The fraction of sp³-hybridized carbons (Fsp3) is 0.300. The molecule has 0 saturated heterocycles. The van der Waals surface area contributed by atoms with Gasteiger partial charge in [-0.05, 0) is 16.9 Å². The normalized spacial score (nSPS) is 10.8. The molecule has 0 heterocycles. The highest BCUT2D eigenvalue weighted by molar-refractivity contribution is 9.11. The van der Waals surface area contributed by atoms with Crippen LogP contribution in [-0.4, -0.2) is 41.2 Å². The van der Waals surface area contributed by atoms with E-state index in [0.717, 1.165) is 5.01 Å². The minimum atomic E-state index is -0.452. The third kappa shape index (κ3) is 5.27. The SMILES string of the molecule is CCN(C(=O)/C=C/Br)N(CC=O)C(=O)/C=C/Br. The van der Waals surface area contributed by atoms with E-state index in [4.69, 9.17) is 0 Å². The van der Waals surface area contributed by atoms with E-state index < -0.39 is 5.91 Å². The van der Waals surface area contributed by atoms with Crippen LogP contribution < -0.4 is 0 Å². The molecule has 0 atom stereocenters. The number of hydrogen-bond acceptors (Lipinski definition) is 3. The Kier molecular flexibility index (Phi) is 8.61. The lowest BCUT2D eigenvalue weighted by molar-refractivity contribution is -0.157. The lowest BCUT2D eigenvalue weighted by Gasteiger charge is -2.31. The van der Waals surface area contributed by atoms with E-state index in [9.17, 15) is 14.4 Å². The molecule has 0 bridgehead atoms. The van der Waals surface area contributed by atoms with Crippen LogP contribution >= 0.6 is 31.9 Å². The minimum Gasteiger partial charge on any atom is -0.301 e. The Morgan fingerprint density at radius 3 is 1.88 bits per heavy atom. The highest BCUT2D eigenvalue weighted by atomic mass is 79.9. The lowest BCUT2D eigenvalue weighted by Crippen LogP contribution is -2.49. The number of halogens is 2. The Labute approximate surface area is 116 Å². The molecule has 0 aromatic rings. The molecule has 0 N–H and O–H groups in total. The third-order valence-electron chi connectivity index (χ3n) is 1.76. The Morgan fingerprint density at radius 1 is 1.06 bits per heavy atom. The summed E-state index contributed by atoms with van der Waals surface area (Å²) >= 11 is 5.95. The molecule has 0 spiro atoms. The maximum atomic E-state index is 11.7. The second-order valence-electron chi connectivity index (χ2n) is 2.73. The van der Waals surface area contributed by atoms with Crippen molar-refractivity contribution in [2.24, 2.45) is 0 Å². The second-order valence-corrected chi connectivity index (χ2v) is 3.78. The van der Waals surface area contributed by atoms with E-state index in [1.807, 2.05) is 0 Å². The van der Waals surface area contributed by atoms with Gasteiger partial charge in [0, 0.05) is 18.7 Å². The zero-order chi connectivity index (χ0) is 13.3. The second kappa shape index (κ2) is 9.12. The van der Waals surface area contributed by atoms with Crippen molar-refractivity contribution in [3.8, 4) is 0 Å². The van der Waals surface area contributed by atoms with Gasteiger partial charge in [0.2, 0.25) is 0 Å². The van der Waals surface area contributed by atoms with Crippen LogP contribution in [0.1, 0.15) is 6.92 Å². The third-order valence-corrected chi connectivity index (χ3v) is 2.29. The number of aldehydes is 1. The summed E-state index contributed by atoms with van der Waals surface area (Å²) in [5.41, 5.74) is 0. The van der Waals surface area contributed by atoms with Gasteiger partial charge in [-0.1, -0.05) is 31.9 Å². The van der Waals surface area contributed by atoms with Gasteiger partial charge in [0.05, 0.1) is 6.54 Å². The maximum absolute atomic E-state index is 11.7. The first kappa shape index (κ1) is 16.1. The lowest BCUT2D eigenvalue weighted by atomic mass is 10.4. The van der Waals surface area contributed by atoms with Crippen molar-refractivity contribution in [2.45, 2.75) is 6.92 Å². The average molecular weight is 368 g/mol. The zero-order valence-electron chi connectivity index (χ0n) is 9.18. The number of carbonyl (C=O) groups excluding carboxylic acids is 3. The summed E-state index contributed by atoms with van der Waals surface area (Å²) in [6.07, 6.45) is 3.04. The topological polar surface area (TPSA) is 57.7 Å². The molecule has 0 unspecified atom stereocenters. The molecule has 7 heteroatoms. The van der Waals surface area contributed by atoms with Crippen molar-refractivity contribution in [3.05, 3.63) is 22.1 Å². The van der Waals surface area contributed by atoms with E-state index in [1.165, 1.54) is 27.1 Å². The molecule has 0 saturated carbocycles. The van der Waals surface area contributed by atoms with Crippen LogP contribution in [0.15, 0.2) is 22.1 Å². The van der Waals surface area contributed by atoms with Crippen molar-refractivity contribution >= 4 is 50.0 Å². The number of amides is 2. The van der Waals surface area contributed by atoms with Gasteiger partial charge in [-0.2, -0.15) is 0 Å². The molecule has 0 radical (unpaired) electrons. The summed E-state index contributed by atoms with van der Waals surface area (Å²) in [6.45, 7) is 1.82. The van der Waals surface area contributed by atoms with E-state index in [2.05, 4.69) is 31.9 Å². The Morgan fingerprint density at radius 2 is 1.53 bits per heavy atom. The molecule has 5 nitrogen and oxygen atoms in total. The molecule has 94 valence electrons. The Bertz CT molecular complexity index is 342. The van der Waals surface area contributed by atoms with Crippen molar-refractivity contribution in [3.63, 3.8) is 0 Å². The molecule has 0 aliphatic carbocycles. The zero-order valence-corrected chi connectivity index (χ0v) is 12.3. The Balaban J connectivity index is 5.04. The summed E-state index contributed by atoms with van der Waals surface area (Å²) in [4.78, 5) is 36.6. The number of nitrogens with zero attached hydrogens (tertiary/aromatic N) is 2. The molecule has 0 aliphatic heterocycles. The number of rotatable bonds is 5. The summed E-state index contributed by atoms with van der Waals surface area (Å²) in [6, 6.07) is 0. The number of carbonyl (C=O) groups is 3. The van der Waals surface area contributed by atoms with Crippen molar-refractivity contribution in [1.82, 2.24) is 10.0 Å². The van der Waals surface area contributed by atoms with Crippen LogP contribution in [0.2, 0.25) is 0 Å². The van der Waals surface area contributed by atoms with Crippen molar-refractivity contribution in [2.75, 3.05) is 13.1 Å². The van der Waals surface area contributed by atoms with Crippen LogP contribution in [0.4, 0.5) is 0 Å². The molecule has 0 aromatic heterocycles. The molecule has 0 aliphatic rings. The van der Waals surface area contributed by atoms with Crippen molar-refractivity contribution in [1.29, 1.82) is 0 Å². The van der Waals surface area contributed by atoms with Gasteiger partial charge < -0.3 is 4.79 Å². The fourth-order valence-corrected chi connectivity index (χ4v) is 1.56. The summed E-state index contributed by atoms with van der Waals surface area (Å²) < 4.78 is 0. The largest absolute Gasteiger partial charge is 0.301 e. The van der Waals surface area contributed by atoms with Gasteiger partial charge in [0.25, 0.3) is 11.8 Å². The Hall–Kier alpha value is -0.950. The molecule has 2 amide bonds. The molecule has 0 rings (SSSR count). The first-order valence-corrected chi connectivity index (χ1v) is 6.55. The predicted octanol–water partition coefficient (Wildman–Crippen LogP) is 1.59.